The van der Waals surface area contributed by atoms with E-state index in [1.807, 2.05) is 0 Å². The van der Waals surface area contributed by atoms with Crippen LogP contribution in [0.5, 0.6) is 0 Å². The summed E-state index contributed by atoms with van der Waals surface area (Å²) in [6, 6.07) is 20.7. The van der Waals surface area contributed by atoms with Crippen molar-refractivity contribution in [3.8, 4) is 22.4 Å². The normalized spacial score (nSPS) is 11.2. The van der Waals surface area contributed by atoms with Crippen LogP contribution < -0.4 is 5.56 Å². The molecule has 178 valence electrons. The fourth-order valence-electron chi connectivity index (χ4n) is 4.28. The van der Waals surface area contributed by atoms with Crippen LogP contribution in [0.15, 0.2) is 90.0 Å². The first-order chi connectivity index (χ1) is 17.9. The molecular weight excluding hydrogens is 476 g/mol. The van der Waals surface area contributed by atoms with Gasteiger partial charge in [0.25, 0.3) is 16.9 Å². The maximum atomic E-state index is 13.2. The second-order valence-electron chi connectivity index (χ2n) is 8.23. The maximum absolute atomic E-state index is 13.2. The van der Waals surface area contributed by atoms with Crippen LogP contribution in [0.25, 0.3) is 50.0 Å². The molecule has 0 aliphatic heterocycles. The fraction of sp³-hybridized carbons (Fsp3) is 0. The molecular formula is C26H14N6O5. The van der Waals surface area contributed by atoms with Crippen molar-refractivity contribution < 1.29 is 9.85 Å². The molecule has 0 saturated carbocycles. The van der Waals surface area contributed by atoms with Crippen molar-refractivity contribution in [2.24, 2.45) is 0 Å². The summed E-state index contributed by atoms with van der Waals surface area (Å²) in [6.07, 6.45) is 1.37. The van der Waals surface area contributed by atoms with Crippen LogP contribution >= 0.6 is 0 Å². The number of benzene rings is 3. The highest BCUT2D eigenvalue weighted by Gasteiger charge is 2.18. The van der Waals surface area contributed by atoms with E-state index in [0.29, 0.717) is 50.0 Å². The zero-order chi connectivity index (χ0) is 25.7. The number of para-hydroxylation sites is 1. The average molecular weight is 490 g/mol. The van der Waals surface area contributed by atoms with Gasteiger partial charge in [-0.25, -0.2) is 19.4 Å². The van der Waals surface area contributed by atoms with Crippen LogP contribution in [0.2, 0.25) is 0 Å². The second-order valence-corrected chi connectivity index (χ2v) is 8.23. The highest BCUT2D eigenvalue weighted by molar-refractivity contribution is 6.04. The molecule has 0 radical (unpaired) electrons. The summed E-state index contributed by atoms with van der Waals surface area (Å²) in [4.78, 5) is 48.4. The quantitative estimate of drug-likeness (QED) is 0.146. The van der Waals surface area contributed by atoms with Crippen LogP contribution in [0.3, 0.4) is 0 Å². The van der Waals surface area contributed by atoms with Gasteiger partial charge in [-0.15, -0.1) is 0 Å². The van der Waals surface area contributed by atoms with E-state index in [4.69, 9.17) is 4.98 Å². The summed E-state index contributed by atoms with van der Waals surface area (Å²) in [5, 5.41) is 23.2. The van der Waals surface area contributed by atoms with E-state index in [1.165, 1.54) is 35.0 Å². The lowest BCUT2D eigenvalue weighted by Gasteiger charge is -2.12. The number of non-ortho nitro benzene ring substituents is 2. The van der Waals surface area contributed by atoms with Gasteiger partial charge < -0.3 is 0 Å². The Morgan fingerprint density at radius 2 is 1.38 bits per heavy atom. The van der Waals surface area contributed by atoms with Crippen molar-refractivity contribution in [3.05, 3.63) is 116 Å². The lowest BCUT2D eigenvalue weighted by molar-refractivity contribution is -0.385. The van der Waals surface area contributed by atoms with E-state index >= 15 is 0 Å². The molecule has 0 atom stereocenters. The molecule has 3 aromatic carbocycles. The molecule has 0 spiro atoms. The van der Waals surface area contributed by atoms with Gasteiger partial charge >= 0.3 is 0 Å². The summed E-state index contributed by atoms with van der Waals surface area (Å²) in [5.41, 5.74) is 3.05. The lowest BCUT2D eigenvalue weighted by Crippen LogP contribution is -2.16. The Balaban J connectivity index is 1.69. The highest BCUT2D eigenvalue weighted by Crippen LogP contribution is 2.34. The zero-order valence-corrected chi connectivity index (χ0v) is 18.8. The van der Waals surface area contributed by atoms with Crippen molar-refractivity contribution in [1.82, 2.24) is 19.4 Å². The number of hydrogen-bond acceptors (Lipinski definition) is 8. The minimum atomic E-state index is -0.485. The molecule has 3 aromatic heterocycles. The molecule has 0 aliphatic rings. The number of rotatable bonds is 4. The van der Waals surface area contributed by atoms with Gasteiger partial charge in [0.05, 0.1) is 31.8 Å². The summed E-state index contributed by atoms with van der Waals surface area (Å²) in [5.74, 6) is 0. The second kappa shape index (κ2) is 8.27. The Morgan fingerprint density at radius 1 is 0.757 bits per heavy atom. The zero-order valence-electron chi connectivity index (χ0n) is 18.8. The number of fused-ring (bicyclic) bond motifs is 4. The Morgan fingerprint density at radius 3 is 2.03 bits per heavy atom. The third-order valence-electron chi connectivity index (χ3n) is 6.09. The molecule has 0 saturated heterocycles. The van der Waals surface area contributed by atoms with Gasteiger partial charge in [-0.05, 0) is 53.6 Å². The van der Waals surface area contributed by atoms with Crippen LogP contribution in [0.4, 0.5) is 11.4 Å². The average Bonchev–Trinajstić information content (AvgIpc) is 2.92. The Labute approximate surface area is 206 Å². The van der Waals surface area contributed by atoms with E-state index in [2.05, 4.69) is 9.97 Å². The maximum Gasteiger partial charge on any atom is 0.269 e. The van der Waals surface area contributed by atoms with Crippen LogP contribution in [0.1, 0.15) is 0 Å². The fourth-order valence-corrected chi connectivity index (χ4v) is 4.28. The van der Waals surface area contributed by atoms with Gasteiger partial charge in [-0.1, -0.05) is 12.1 Å². The van der Waals surface area contributed by atoms with Gasteiger partial charge in [0.1, 0.15) is 6.33 Å². The van der Waals surface area contributed by atoms with E-state index in [1.54, 1.807) is 54.6 Å². The minimum absolute atomic E-state index is 0.0558. The predicted octanol–water partition coefficient (Wildman–Crippen LogP) is 4.94. The topological polar surface area (TPSA) is 146 Å². The Kier molecular flexibility index (Phi) is 4.90. The Bertz CT molecular complexity index is 1950. The number of nitro benzene ring substituents is 2. The van der Waals surface area contributed by atoms with Crippen LogP contribution in [-0.4, -0.2) is 29.2 Å². The summed E-state index contributed by atoms with van der Waals surface area (Å²) < 4.78 is 1.35. The smallest absolute Gasteiger partial charge is 0.268 e. The number of nitro groups is 2. The minimum Gasteiger partial charge on any atom is -0.268 e. The summed E-state index contributed by atoms with van der Waals surface area (Å²) in [6.45, 7) is 0. The van der Waals surface area contributed by atoms with Gasteiger partial charge in [-0.2, -0.15) is 0 Å². The molecule has 11 nitrogen and oxygen atoms in total. The molecule has 0 N–H and O–H groups in total. The molecule has 6 aromatic rings. The molecule has 0 aliphatic carbocycles. The monoisotopic (exact) mass is 490 g/mol. The van der Waals surface area contributed by atoms with Gasteiger partial charge in [-0.3, -0.25) is 25.0 Å². The molecule has 3 heterocycles. The van der Waals surface area contributed by atoms with E-state index in [9.17, 15) is 25.0 Å². The van der Waals surface area contributed by atoms with Crippen molar-refractivity contribution in [2.45, 2.75) is 0 Å². The van der Waals surface area contributed by atoms with Crippen molar-refractivity contribution in [2.75, 3.05) is 0 Å². The molecule has 37 heavy (non-hydrogen) atoms. The van der Waals surface area contributed by atoms with E-state index < -0.39 is 9.85 Å². The van der Waals surface area contributed by atoms with Crippen molar-refractivity contribution in [3.63, 3.8) is 0 Å². The van der Waals surface area contributed by atoms with Crippen molar-refractivity contribution in [1.29, 1.82) is 0 Å². The third kappa shape index (κ3) is 3.62. The third-order valence-corrected chi connectivity index (χ3v) is 6.09. The molecule has 0 unspecified atom stereocenters. The Hall–Kier alpha value is -5.58. The SMILES string of the molecule is O=c1c2ccccc2nc2c3c(-c4ccc([N+](=O)[O-])cc4)cc(-c4ccc([N+](=O)[O-])cc4)nc3ncn12. The van der Waals surface area contributed by atoms with Crippen LogP contribution in [-0.2, 0) is 0 Å². The first kappa shape index (κ1) is 21.9. The van der Waals surface area contributed by atoms with Crippen molar-refractivity contribution >= 4 is 39.0 Å². The summed E-state index contributed by atoms with van der Waals surface area (Å²) >= 11 is 0. The standard InChI is InChI=1S/C26H14N6O5/c33-26-19-3-1-2-4-21(19)29-25-23-20(15-5-9-17(10-6-15)31(34)35)13-22(28-24(23)27-14-30(25)26)16-7-11-18(12-8-16)32(36)37/h1-14H. The number of pyridine rings is 1. The predicted molar refractivity (Wildman–Crippen MR) is 136 cm³/mol. The van der Waals surface area contributed by atoms with Gasteiger partial charge in [0, 0.05) is 29.8 Å². The largest absolute Gasteiger partial charge is 0.269 e. The van der Waals surface area contributed by atoms with E-state index in [0.717, 1.165) is 0 Å². The van der Waals surface area contributed by atoms with Gasteiger partial charge in [0.2, 0.25) is 0 Å². The van der Waals surface area contributed by atoms with E-state index in [-0.39, 0.29) is 16.9 Å². The number of hydrogen-bond donors (Lipinski definition) is 0. The molecule has 0 fully saturated rings. The molecule has 0 amide bonds. The molecule has 0 bridgehead atoms. The number of aromatic nitrogens is 4. The first-order valence-electron chi connectivity index (χ1n) is 11.0. The highest BCUT2D eigenvalue weighted by atomic mass is 16.6. The summed E-state index contributed by atoms with van der Waals surface area (Å²) in [7, 11) is 0. The number of nitrogens with zero attached hydrogens (tertiary/aromatic N) is 6. The lowest BCUT2D eigenvalue weighted by atomic mass is 9.99. The molecule has 11 heteroatoms. The van der Waals surface area contributed by atoms with Gasteiger partial charge in [0.15, 0.2) is 11.3 Å². The molecule has 6 rings (SSSR count). The first-order valence-corrected chi connectivity index (χ1v) is 11.0. The van der Waals surface area contributed by atoms with Crippen LogP contribution in [0, 0.1) is 20.2 Å².